The summed E-state index contributed by atoms with van der Waals surface area (Å²) in [4.78, 5) is 0. The minimum Gasteiger partial charge on any atom is -0.507 e. The van der Waals surface area contributed by atoms with Crippen LogP contribution in [0.25, 0.3) is 0 Å². The molecule has 2 aromatic carbocycles. The highest BCUT2D eigenvalue weighted by Gasteiger charge is 2.30. The molecule has 0 aliphatic rings. The molecule has 0 saturated heterocycles. The zero-order valence-corrected chi connectivity index (χ0v) is 20.6. The number of rotatable bonds is 5. The van der Waals surface area contributed by atoms with Crippen LogP contribution in [0.4, 0.5) is 0 Å². The molecule has 2 aromatic rings. The average molecular weight is 412 g/mol. The number of hydrogen-bond acceptors (Lipinski definition) is 3. The summed E-state index contributed by atoms with van der Waals surface area (Å²) in [6, 6.07) is 8.20. The third-order valence-corrected chi connectivity index (χ3v) is 6.77. The summed E-state index contributed by atoms with van der Waals surface area (Å²) in [5, 5.41) is 22.5. The lowest BCUT2D eigenvalue weighted by Crippen LogP contribution is -2.19. The summed E-state index contributed by atoms with van der Waals surface area (Å²) >= 11 is -0.491. The van der Waals surface area contributed by atoms with E-state index in [2.05, 4.69) is 67.5 Å². The fraction of sp³-hybridized carbons (Fsp3) is 0.520. The Balaban J connectivity index is 2.79. The van der Waals surface area contributed by atoms with Gasteiger partial charge in [-0.2, -0.15) is 0 Å². The van der Waals surface area contributed by atoms with Crippen molar-refractivity contribution in [2.75, 3.05) is 6.61 Å². The summed E-state index contributed by atoms with van der Waals surface area (Å²) < 4.78 is 5.74. The van der Waals surface area contributed by atoms with Gasteiger partial charge < -0.3 is 14.0 Å². The number of aryl methyl sites for hydroxylation is 2. The van der Waals surface area contributed by atoms with Crippen LogP contribution in [0.5, 0.6) is 11.5 Å². The van der Waals surface area contributed by atoms with E-state index in [1.54, 1.807) is 0 Å². The summed E-state index contributed by atoms with van der Waals surface area (Å²) in [6.07, 6.45) is 0. The molecule has 0 aliphatic heterocycles. The molecule has 4 heteroatoms. The van der Waals surface area contributed by atoms with Crippen LogP contribution in [0.15, 0.2) is 24.3 Å². The molecule has 2 rings (SSSR count). The van der Waals surface area contributed by atoms with E-state index < -0.39 is 15.6 Å². The quantitative estimate of drug-likeness (QED) is 0.589. The Kier molecular flexibility index (Phi) is 7.16. The second-order valence-electron chi connectivity index (χ2n) is 10.1. The van der Waals surface area contributed by atoms with Crippen molar-refractivity contribution in [1.29, 1.82) is 0 Å². The van der Waals surface area contributed by atoms with Gasteiger partial charge in [0.05, 0.1) is 0 Å². The molecular formula is C25H36AlO3. The van der Waals surface area contributed by atoms with Crippen molar-refractivity contribution in [2.45, 2.75) is 77.9 Å². The summed E-state index contributed by atoms with van der Waals surface area (Å²) in [6.45, 7) is 19.4. The third-order valence-electron chi connectivity index (χ3n) is 5.25. The van der Waals surface area contributed by atoms with Crippen molar-refractivity contribution >= 4 is 15.6 Å². The maximum absolute atomic E-state index is 11.2. The maximum atomic E-state index is 11.2. The van der Waals surface area contributed by atoms with Crippen molar-refractivity contribution in [3.63, 3.8) is 0 Å². The van der Waals surface area contributed by atoms with Gasteiger partial charge in [-0.15, -0.1) is 0 Å². The fourth-order valence-electron chi connectivity index (χ4n) is 3.74. The number of phenols is 2. The van der Waals surface area contributed by atoms with E-state index in [0.29, 0.717) is 18.1 Å². The first-order valence-electron chi connectivity index (χ1n) is 10.4. The molecule has 0 spiro atoms. The van der Waals surface area contributed by atoms with Gasteiger partial charge in [-0.05, 0) is 58.6 Å². The molecule has 3 nitrogen and oxygen atoms in total. The van der Waals surface area contributed by atoms with Gasteiger partial charge in [0.1, 0.15) is 11.5 Å². The van der Waals surface area contributed by atoms with Gasteiger partial charge >= 0.3 is 15.6 Å². The highest BCUT2D eigenvalue weighted by Crippen LogP contribution is 2.44. The van der Waals surface area contributed by atoms with Crippen molar-refractivity contribution in [1.82, 2.24) is 0 Å². The number of benzene rings is 2. The van der Waals surface area contributed by atoms with Gasteiger partial charge in [0.2, 0.25) is 0 Å². The Labute approximate surface area is 183 Å². The molecule has 2 N–H and O–H groups in total. The van der Waals surface area contributed by atoms with E-state index in [1.165, 1.54) is 0 Å². The average Bonchev–Trinajstić information content (AvgIpc) is 2.58. The fourth-order valence-corrected chi connectivity index (χ4v) is 4.92. The monoisotopic (exact) mass is 411 g/mol. The Hall–Kier alpha value is -1.47. The molecule has 0 heterocycles. The normalized spacial score (nSPS) is 12.5. The van der Waals surface area contributed by atoms with Gasteiger partial charge in [-0.3, -0.25) is 0 Å². The standard InChI is InChI=1S/C23H31O2.C2H5O.Al/c1-14-9-16(20(24)18(11-14)22(3,4)5)13-17-10-15(2)12-19(21(17)25)23(6,7)8;1-2-3;/h9-13,24-25H,1-8H3;2H2,1H3;/q;-1;+1. The number of aromatic hydroxyl groups is 2. The second-order valence-corrected chi connectivity index (χ2v) is 11.3. The van der Waals surface area contributed by atoms with E-state index in [9.17, 15) is 10.2 Å². The number of phenolic OH excluding ortho intramolecular Hbond substituents is 2. The van der Waals surface area contributed by atoms with Crippen molar-refractivity contribution < 1.29 is 14.0 Å². The smallest absolute Gasteiger partial charge is 0.437 e. The second kappa shape index (κ2) is 8.72. The zero-order chi connectivity index (χ0) is 22.1. The minimum absolute atomic E-state index is 0.169. The molecule has 29 heavy (non-hydrogen) atoms. The van der Waals surface area contributed by atoms with Crippen molar-refractivity contribution in [3.8, 4) is 11.5 Å². The van der Waals surface area contributed by atoms with Crippen LogP contribution in [0.1, 0.15) is 86.6 Å². The van der Waals surface area contributed by atoms with Crippen LogP contribution in [0.3, 0.4) is 0 Å². The van der Waals surface area contributed by atoms with Crippen LogP contribution in [0.2, 0.25) is 0 Å². The molecule has 0 aromatic heterocycles. The number of hydrogen-bond donors (Lipinski definition) is 2. The lowest BCUT2D eigenvalue weighted by Gasteiger charge is -2.28. The Morgan fingerprint density at radius 2 is 1.17 bits per heavy atom. The maximum Gasteiger partial charge on any atom is 0.437 e. The first-order chi connectivity index (χ1) is 13.3. The van der Waals surface area contributed by atoms with Gasteiger partial charge in [-0.1, -0.05) is 76.9 Å². The molecule has 0 amide bonds. The van der Waals surface area contributed by atoms with Gasteiger partial charge in [0.25, 0.3) is 0 Å². The summed E-state index contributed by atoms with van der Waals surface area (Å²) in [7, 11) is 0. The van der Waals surface area contributed by atoms with E-state index in [-0.39, 0.29) is 15.6 Å². The third kappa shape index (κ3) is 5.37. The van der Waals surface area contributed by atoms with E-state index in [0.717, 1.165) is 33.4 Å². The van der Waals surface area contributed by atoms with E-state index in [4.69, 9.17) is 3.79 Å². The van der Waals surface area contributed by atoms with Crippen LogP contribution < -0.4 is 0 Å². The summed E-state index contributed by atoms with van der Waals surface area (Å²) in [5.74, 6) is 0.636. The largest absolute Gasteiger partial charge is 0.507 e. The molecule has 0 bridgehead atoms. The Bertz CT molecular complexity index is 804. The molecule has 0 atom stereocenters. The molecule has 0 aliphatic carbocycles. The van der Waals surface area contributed by atoms with Crippen LogP contribution >= 0.6 is 0 Å². The first kappa shape index (κ1) is 23.8. The molecule has 0 unspecified atom stereocenters. The predicted octanol–water partition coefficient (Wildman–Crippen LogP) is 6.05. The molecule has 1 radical (unpaired) electrons. The molecule has 157 valence electrons. The van der Waals surface area contributed by atoms with Gasteiger partial charge in [-0.25, -0.2) is 0 Å². The highest BCUT2D eigenvalue weighted by atomic mass is 27.1. The van der Waals surface area contributed by atoms with Crippen LogP contribution in [-0.4, -0.2) is 32.4 Å². The predicted molar refractivity (Wildman–Crippen MR) is 122 cm³/mol. The van der Waals surface area contributed by atoms with Gasteiger partial charge in [0, 0.05) is 6.61 Å². The van der Waals surface area contributed by atoms with E-state index in [1.807, 2.05) is 19.1 Å². The molecule has 0 saturated carbocycles. The van der Waals surface area contributed by atoms with E-state index >= 15 is 0 Å². The Morgan fingerprint density at radius 3 is 1.48 bits per heavy atom. The molecule has 0 fully saturated rings. The minimum atomic E-state index is -0.491. The molecular weight excluding hydrogens is 375 g/mol. The topological polar surface area (TPSA) is 49.7 Å². The van der Waals surface area contributed by atoms with Crippen LogP contribution in [-0.2, 0) is 14.6 Å². The van der Waals surface area contributed by atoms with Gasteiger partial charge in [0.15, 0.2) is 0 Å². The first-order valence-corrected chi connectivity index (χ1v) is 11.5. The van der Waals surface area contributed by atoms with Crippen LogP contribution in [0, 0.1) is 13.8 Å². The van der Waals surface area contributed by atoms with Crippen molar-refractivity contribution in [3.05, 3.63) is 57.6 Å². The summed E-state index contributed by atoms with van der Waals surface area (Å²) in [5.41, 5.74) is 5.40. The Morgan fingerprint density at radius 1 is 0.793 bits per heavy atom. The lowest BCUT2D eigenvalue weighted by molar-refractivity contribution is 0.353. The zero-order valence-electron chi connectivity index (χ0n) is 19.5. The highest BCUT2D eigenvalue weighted by molar-refractivity contribution is 6.31. The SMILES string of the molecule is CC[O][Al][CH](c1cc(C)cc(C(C)(C)C)c1O)c1cc(C)cc(C(C)(C)C)c1O. The van der Waals surface area contributed by atoms with Crippen molar-refractivity contribution in [2.24, 2.45) is 0 Å². The lowest BCUT2D eigenvalue weighted by atomic mass is 9.81.